The first kappa shape index (κ1) is 22.3. The molecule has 26 heavy (non-hydrogen) atoms. The van der Waals surface area contributed by atoms with E-state index in [9.17, 15) is 9.59 Å². The molecule has 0 unspecified atom stereocenters. The van der Waals surface area contributed by atoms with Gasteiger partial charge in [0.1, 0.15) is 6.10 Å². The van der Waals surface area contributed by atoms with E-state index in [1.807, 2.05) is 12.2 Å². The second kappa shape index (κ2) is 13.5. The smallest absolute Gasteiger partial charge is 0.305 e. The number of hydrogen-bond donors (Lipinski definition) is 1. The first-order chi connectivity index (χ1) is 12.6. The monoisotopic (exact) mass is 364 g/mol. The van der Waals surface area contributed by atoms with Gasteiger partial charge in [-0.25, -0.2) is 4.89 Å². The van der Waals surface area contributed by atoms with E-state index in [0.29, 0.717) is 12.8 Å². The van der Waals surface area contributed by atoms with Crippen molar-refractivity contribution in [2.24, 2.45) is 11.8 Å². The molecule has 3 atom stereocenters. The maximum absolute atomic E-state index is 12.1. The fourth-order valence-corrected chi connectivity index (χ4v) is 2.98. The average molecular weight is 364 g/mol. The van der Waals surface area contributed by atoms with E-state index in [-0.39, 0.29) is 30.0 Å². The van der Waals surface area contributed by atoms with Crippen LogP contribution in [0.3, 0.4) is 0 Å². The highest BCUT2D eigenvalue weighted by Crippen LogP contribution is 2.27. The fraction of sp³-hybridized carbons (Fsp3) is 0.619. The Morgan fingerprint density at radius 2 is 2.12 bits per heavy atom. The molecule has 0 heterocycles. The summed E-state index contributed by atoms with van der Waals surface area (Å²) in [4.78, 5) is 27.6. The Bertz CT molecular complexity index is 507. The summed E-state index contributed by atoms with van der Waals surface area (Å²) in [5.74, 6) is -0.271. The Morgan fingerprint density at radius 3 is 2.81 bits per heavy atom. The second-order valence-corrected chi connectivity index (χ2v) is 6.65. The van der Waals surface area contributed by atoms with Crippen LogP contribution in [0.25, 0.3) is 0 Å². The molecule has 0 spiro atoms. The summed E-state index contributed by atoms with van der Waals surface area (Å²) in [5.41, 5.74) is 0. The molecular formula is C21H32O5. The number of methoxy groups -OCH3 is 1. The van der Waals surface area contributed by atoms with Gasteiger partial charge in [-0.1, -0.05) is 50.1 Å². The molecule has 1 N–H and O–H groups in total. The number of unbranched alkanes of at least 4 members (excludes halogenated alkanes) is 3. The van der Waals surface area contributed by atoms with Crippen molar-refractivity contribution in [2.45, 2.75) is 64.4 Å². The zero-order valence-electron chi connectivity index (χ0n) is 15.9. The summed E-state index contributed by atoms with van der Waals surface area (Å²) in [6.07, 6.45) is 17.8. The number of hydrogen-bond acceptors (Lipinski definition) is 5. The lowest BCUT2D eigenvalue weighted by atomic mass is 9.90. The molecule has 0 aromatic rings. The zero-order valence-corrected chi connectivity index (χ0v) is 15.9. The van der Waals surface area contributed by atoms with Gasteiger partial charge in [-0.3, -0.25) is 14.8 Å². The highest BCUT2D eigenvalue weighted by Gasteiger charge is 2.27. The predicted molar refractivity (Wildman–Crippen MR) is 102 cm³/mol. The minimum absolute atomic E-state index is 0.0804. The van der Waals surface area contributed by atoms with Gasteiger partial charge in [0.2, 0.25) is 0 Å². The first-order valence-electron chi connectivity index (χ1n) is 9.54. The molecule has 0 amide bonds. The lowest BCUT2D eigenvalue weighted by molar-refractivity contribution is -0.267. The lowest BCUT2D eigenvalue weighted by Gasteiger charge is -2.14. The summed E-state index contributed by atoms with van der Waals surface area (Å²) in [6, 6.07) is 0. The van der Waals surface area contributed by atoms with Gasteiger partial charge in [0, 0.05) is 12.3 Å². The number of ether oxygens (including phenoxy) is 1. The second-order valence-electron chi connectivity index (χ2n) is 6.65. The molecule has 0 saturated carbocycles. The molecule has 0 saturated heterocycles. The molecule has 5 heteroatoms. The molecule has 146 valence electrons. The lowest BCUT2D eigenvalue weighted by Crippen LogP contribution is -2.15. The Hall–Kier alpha value is -1.72. The third-order valence-corrected chi connectivity index (χ3v) is 4.61. The Morgan fingerprint density at radius 1 is 1.31 bits per heavy atom. The number of carbonyl (C=O) groups excluding carboxylic acids is 2. The molecule has 0 aromatic carbocycles. The molecule has 0 aliphatic heterocycles. The van der Waals surface area contributed by atoms with Crippen LogP contribution < -0.4 is 0 Å². The van der Waals surface area contributed by atoms with E-state index in [4.69, 9.17) is 5.26 Å². The van der Waals surface area contributed by atoms with Crippen LogP contribution in [0.5, 0.6) is 0 Å². The molecule has 1 rings (SSSR count). The Balaban J connectivity index is 2.46. The van der Waals surface area contributed by atoms with Crippen LogP contribution in [0.1, 0.15) is 58.3 Å². The fourth-order valence-electron chi connectivity index (χ4n) is 2.98. The molecule has 1 aliphatic rings. The number of ketones is 1. The van der Waals surface area contributed by atoms with Crippen LogP contribution in [0.4, 0.5) is 0 Å². The molecule has 0 radical (unpaired) electrons. The van der Waals surface area contributed by atoms with E-state index in [1.54, 1.807) is 12.2 Å². The minimum Gasteiger partial charge on any atom is -0.469 e. The van der Waals surface area contributed by atoms with Crippen molar-refractivity contribution in [3.63, 3.8) is 0 Å². The van der Waals surface area contributed by atoms with Gasteiger partial charge in [0.05, 0.1) is 7.11 Å². The van der Waals surface area contributed by atoms with E-state index < -0.39 is 6.10 Å². The van der Waals surface area contributed by atoms with Gasteiger partial charge < -0.3 is 4.74 Å². The standard InChI is InChI=1S/C21H32O5/c1-3-4-5-6-7-8-10-17-13-16-20(22)19(17)15-14-18(26-24)11-9-12-21(23)25-2/h7-8,13-19,24H,3-6,9-12H2,1-2H3/b8-7-,15-14+/t17-,18-,19-/m1/s1. The first-order valence-corrected chi connectivity index (χ1v) is 9.54. The van der Waals surface area contributed by atoms with E-state index in [1.165, 1.54) is 26.4 Å². The van der Waals surface area contributed by atoms with Crippen LogP contribution in [-0.4, -0.2) is 30.2 Å². The van der Waals surface area contributed by atoms with Gasteiger partial charge in [-0.2, -0.15) is 0 Å². The maximum atomic E-state index is 12.1. The van der Waals surface area contributed by atoms with Gasteiger partial charge in [-0.15, -0.1) is 0 Å². The van der Waals surface area contributed by atoms with Gasteiger partial charge >= 0.3 is 5.97 Å². The van der Waals surface area contributed by atoms with Crippen molar-refractivity contribution in [1.82, 2.24) is 0 Å². The van der Waals surface area contributed by atoms with Crippen LogP contribution in [0.15, 0.2) is 36.5 Å². The topological polar surface area (TPSA) is 72.8 Å². The Kier molecular flexibility index (Phi) is 11.6. The third-order valence-electron chi connectivity index (χ3n) is 4.61. The summed E-state index contributed by atoms with van der Waals surface area (Å²) in [5, 5.41) is 9.02. The molecule has 1 aliphatic carbocycles. The molecule has 0 aromatic heterocycles. The van der Waals surface area contributed by atoms with Gasteiger partial charge in [0.15, 0.2) is 5.78 Å². The number of carbonyl (C=O) groups is 2. The van der Waals surface area contributed by atoms with Crippen molar-refractivity contribution in [3.8, 4) is 0 Å². The van der Waals surface area contributed by atoms with Crippen molar-refractivity contribution in [1.29, 1.82) is 0 Å². The summed E-state index contributed by atoms with van der Waals surface area (Å²) in [7, 11) is 1.35. The van der Waals surface area contributed by atoms with Crippen LogP contribution in [0, 0.1) is 11.8 Å². The van der Waals surface area contributed by atoms with E-state index in [2.05, 4.69) is 28.7 Å². The van der Waals surface area contributed by atoms with Crippen molar-refractivity contribution >= 4 is 11.8 Å². The van der Waals surface area contributed by atoms with Crippen molar-refractivity contribution in [2.75, 3.05) is 7.11 Å². The number of esters is 1. The van der Waals surface area contributed by atoms with Crippen LogP contribution in [0.2, 0.25) is 0 Å². The van der Waals surface area contributed by atoms with Crippen LogP contribution >= 0.6 is 0 Å². The van der Waals surface area contributed by atoms with Crippen molar-refractivity contribution < 1.29 is 24.5 Å². The van der Waals surface area contributed by atoms with E-state index >= 15 is 0 Å². The quantitative estimate of drug-likeness (QED) is 0.169. The molecule has 0 bridgehead atoms. The summed E-state index contributed by atoms with van der Waals surface area (Å²) in [6.45, 7) is 2.19. The molecule has 5 nitrogen and oxygen atoms in total. The maximum Gasteiger partial charge on any atom is 0.305 e. The number of allylic oxidation sites excluding steroid dienone is 5. The third kappa shape index (κ3) is 8.59. The SMILES string of the molecule is CCCCC/C=C\C[C@@H]1C=CC(=O)[C@@H]1/C=C/[C@@H](CCCC(=O)OC)OO. The zero-order chi connectivity index (χ0) is 19.2. The van der Waals surface area contributed by atoms with Gasteiger partial charge in [-0.05, 0) is 44.1 Å². The largest absolute Gasteiger partial charge is 0.469 e. The Labute approximate surface area is 156 Å². The highest BCUT2D eigenvalue weighted by molar-refractivity contribution is 5.95. The average Bonchev–Trinajstić information content (AvgIpc) is 3.00. The minimum atomic E-state index is -0.529. The van der Waals surface area contributed by atoms with E-state index in [0.717, 1.165) is 12.8 Å². The molecular weight excluding hydrogens is 332 g/mol. The summed E-state index contributed by atoms with van der Waals surface area (Å²) < 4.78 is 4.58. The summed E-state index contributed by atoms with van der Waals surface area (Å²) >= 11 is 0. The molecule has 0 fully saturated rings. The normalized spacial score (nSPS) is 21.1. The van der Waals surface area contributed by atoms with Crippen LogP contribution in [-0.2, 0) is 19.2 Å². The number of rotatable bonds is 13. The highest BCUT2D eigenvalue weighted by atomic mass is 17.1. The predicted octanol–water partition coefficient (Wildman–Crippen LogP) is 4.64. The van der Waals surface area contributed by atoms with Gasteiger partial charge in [0.25, 0.3) is 0 Å². The van der Waals surface area contributed by atoms with Crippen molar-refractivity contribution in [3.05, 3.63) is 36.5 Å².